The van der Waals surface area contributed by atoms with Crippen LogP contribution >= 0.6 is 0 Å². The van der Waals surface area contributed by atoms with E-state index in [0.717, 1.165) is 11.8 Å². The zero-order valence-corrected chi connectivity index (χ0v) is 12.7. The van der Waals surface area contributed by atoms with Gasteiger partial charge < -0.3 is 0 Å². The van der Waals surface area contributed by atoms with Gasteiger partial charge >= 0.3 is 0 Å². The topological polar surface area (TPSA) is 0 Å². The molecule has 0 saturated heterocycles. The molecule has 3 rings (SSSR count). The summed E-state index contributed by atoms with van der Waals surface area (Å²) in [5.41, 5.74) is 0. The van der Waals surface area contributed by atoms with E-state index in [2.05, 4.69) is 49.5 Å². The fourth-order valence-corrected chi connectivity index (χ4v) is 7.46. The molecule has 1 aromatic rings. The highest BCUT2D eigenvalue weighted by Gasteiger charge is 2.40. The second-order valence-corrected chi connectivity index (χ2v) is 10.9. The van der Waals surface area contributed by atoms with Crippen molar-refractivity contribution in [2.24, 2.45) is 11.8 Å². The van der Waals surface area contributed by atoms with Crippen LogP contribution in [0.5, 0.6) is 0 Å². The van der Waals surface area contributed by atoms with Gasteiger partial charge in [-0.05, 0) is 37.5 Å². The maximum Gasteiger partial charge on any atom is 0.107 e. The third kappa shape index (κ3) is 1.99. The average molecular weight is 256 g/mol. The van der Waals surface area contributed by atoms with E-state index < -0.39 is 8.07 Å². The molecule has 0 N–H and O–H groups in total. The quantitative estimate of drug-likeness (QED) is 0.693. The van der Waals surface area contributed by atoms with Gasteiger partial charge in [-0.2, -0.15) is 0 Å². The molecule has 0 amide bonds. The maximum atomic E-state index is 2.62. The molecule has 0 bridgehead atoms. The number of hydrogen-bond acceptors (Lipinski definition) is 0. The minimum atomic E-state index is -1.40. The van der Waals surface area contributed by atoms with Crippen molar-refractivity contribution in [3.05, 3.63) is 41.6 Å². The molecule has 96 valence electrons. The number of rotatable bonds is 2. The molecule has 0 aliphatic heterocycles. The Morgan fingerprint density at radius 3 is 2.56 bits per heavy atom. The Morgan fingerprint density at radius 1 is 1.00 bits per heavy atom. The van der Waals surface area contributed by atoms with Crippen molar-refractivity contribution >= 4 is 13.3 Å². The molecule has 2 aliphatic carbocycles. The number of allylic oxidation sites excluding steroid dienone is 2. The lowest BCUT2D eigenvalue weighted by atomic mass is 9.86. The van der Waals surface area contributed by atoms with Crippen LogP contribution in [0.4, 0.5) is 0 Å². The Labute approximate surface area is 112 Å². The lowest BCUT2D eigenvalue weighted by Crippen LogP contribution is -2.47. The van der Waals surface area contributed by atoms with Crippen molar-refractivity contribution in [3.8, 4) is 0 Å². The summed E-state index contributed by atoms with van der Waals surface area (Å²) in [5, 5.41) is 3.48. The standard InChI is InChI=1S/C17H24Si/c1-18(2,15-10-4-3-5-11-15)17-13-7-9-14-8-6-12-16(14)17/h3-5,10-11,13-14,16H,6-9,12H2,1-2H3/t14-,16-/m1/s1. The summed E-state index contributed by atoms with van der Waals surface area (Å²) in [6.45, 7) is 5.10. The van der Waals surface area contributed by atoms with Crippen molar-refractivity contribution < 1.29 is 0 Å². The molecule has 0 aromatic heterocycles. The van der Waals surface area contributed by atoms with E-state index >= 15 is 0 Å². The Kier molecular flexibility index (Phi) is 3.19. The maximum absolute atomic E-state index is 2.62. The van der Waals surface area contributed by atoms with Crippen molar-refractivity contribution in [1.29, 1.82) is 0 Å². The molecule has 1 saturated carbocycles. The minimum absolute atomic E-state index is 0.931. The van der Waals surface area contributed by atoms with E-state index in [9.17, 15) is 0 Å². The first-order chi connectivity index (χ1) is 8.69. The second kappa shape index (κ2) is 4.69. The van der Waals surface area contributed by atoms with Gasteiger partial charge in [-0.3, -0.25) is 0 Å². The van der Waals surface area contributed by atoms with Crippen molar-refractivity contribution in [2.75, 3.05) is 0 Å². The number of fused-ring (bicyclic) bond motifs is 1. The van der Waals surface area contributed by atoms with Crippen molar-refractivity contribution in [3.63, 3.8) is 0 Å². The molecule has 0 heterocycles. The SMILES string of the molecule is C[Si](C)(C1=CCC[C@H]2CCC[C@@H]12)c1ccccc1. The monoisotopic (exact) mass is 256 g/mol. The third-order valence-corrected chi connectivity index (χ3v) is 8.97. The molecular formula is C17H24Si. The Balaban J connectivity index is 1.96. The van der Waals surface area contributed by atoms with Crippen LogP contribution in [0.15, 0.2) is 41.6 Å². The Morgan fingerprint density at radius 2 is 1.78 bits per heavy atom. The molecule has 0 nitrogen and oxygen atoms in total. The molecule has 1 aromatic carbocycles. The fraction of sp³-hybridized carbons (Fsp3) is 0.529. The third-order valence-electron chi connectivity index (χ3n) is 5.18. The number of hydrogen-bond donors (Lipinski definition) is 0. The van der Waals surface area contributed by atoms with Crippen LogP contribution in [0.25, 0.3) is 0 Å². The van der Waals surface area contributed by atoms with Crippen LogP contribution in [0, 0.1) is 11.8 Å². The Bertz CT molecular complexity index is 444. The molecule has 18 heavy (non-hydrogen) atoms. The van der Waals surface area contributed by atoms with Crippen LogP contribution in [-0.4, -0.2) is 8.07 Å². The highest BCUT2D eigenvalue weighted by molar-refractivity contribution is 6.95. The van der Waals surface area contributed by atoms with Crippen LogP contribution in [0.3, 0.4) is 0 Å². The highest BCUT2D eigenvalue weighted by Crippen LogP contribution is 2.45. The lowest BCUT2D eigenvalue weighted by molar-refractivity contribution is 0.403. The van der Waals surface area contributed by atoms with Gasteiger partial charge in [0, 0.05) is 0 Å². The van der Waals surface area contributed by atoms with Crippen LogP contribution in [0.1, 0.15) is 32.1 Å². The predicted molar refractivity (Wildman–Crippen MR) is 81.7 cm³/mol. The second-order valence-electron chi connectivity index (χ2n) is 6.53. The first-order valence-electron chi connectivity index (χ1n) is 7.45. The first-order valence-corrected chi connectivity index (χ1v) is 10.5. The summed E-state index contributed by atoms with van der Waals surface area (Å²) in [6.07, 6.45) is 9.81. The van der Waals surface area contributed by atoms with Gasteiger partial charge in [-0.25, -0.2) is 0 Å². The molecule has 2 atom stereocenters. The van der Waals surface area contributed by atoms with E-state index in [1.165, 1.54) is 32.1 Å². The molecule has 1 fully saturated rings. The zero-order chi connectivity index (χ0) is 12.6. The van der Waals surface area contributed by atoms with E-state index in [1.807, 2.05) is 5.20 Å². The van der Waals surface area contributed by atoms with Gasteiger partial charge in [0.1, 0.15) is 8.07 Å². The summed E-state index contributed by atoms with van der Waals surface area (Å²) in [4.78, 5) is 0. The van der Waals surface area contributed by atoms with Gasteiger partial charge in [0.05, 0.1) is 0 Å². The molecule has 2 aliphatic rings. The summed E-state index contributed by atoms with van der Waals surface area (Å²) < 4.78 is 0. The minimum Gasteiger partial charge on any atom is -0.0885 e. The van der Waals surface area contributed by atoms with Crippen molar-refractivity contribution in [2.45, 2.75) is 45.2 Å². The van der Waals surface area contributed by atoms with Crippen LogP contribution in [0.2, 0.25) is 13.1 Å². The van der Waals surface area contributed by atoms with Gasteiger partial charge in [0.15, 0.2) is 0 Å². The summed E-state index contributed by atoms with van der Waals surface area (Å²) >= 11 is 0. The normalized spacial score (nSPS) is 27.8. The average Bonchev–Trinajstić information content (AvgIpc) is 2.87. The van der Waals surface area contributed by atoms with Crippen molar-refractivity contribution in [1.82, 2.24) is 0 Å². The van der Waals surface area contributed by atoms with Gasteiger partial charge in [0.2, 0.25) is 0 Å². The largest absolute Gasteiger partial charge is 0.107 e. The van der Waals surface area contributed by atoms with Crippen LogP contribution in [-0.2, 0) is 0 Å². The lowest BCUT2D eigenvalue weighted by Gasteiger charge is -2.36. The zero-order valence-electron chi connectivity index (χ0n) is 11.7. The van der Waals surface area contributed by atoms with E-state index in [-0.39, 0.29) is 0 Å². The number of benzene rings is 1. The van der Waals surface area contributed by atoms with Gasteiger partial charge in [-0.1, -0.05) is 66.3 Å². The smallest absolute Gasteiger partial charge is 0.0885 e. The predicted octanol–water partition coefficient (Wildman–Crippen LogP) is 4.28. The molecule has 0 unspecified atom stereocenters. The van der Waals surface area contributed by atoms with Gasteiger partial charge in [-0.15, -0.1) is 0 Å². The van der Waals surface area contributed by atoms with E-state index in [0.29, 0.717) is 0 Å². The molecular weight excluding hydrogens is 232 g/mol. The summed E-state index contributed by atoms with van der Waals surface area (Å²) in [7, 11) is -1.40. The molecule has 0 radical (unpaired) electrons. The summed E-state index contributed by atoms with van der Waals surface area (Å²) in [5.74, 6) is 1.95. The molecule has 1 heteroatoms. The Hall–Kier alpha value is -0.823. The highest BCUT2D eigenvalue weighted by atomic mass is 28.3. The van der Waals surface area contributed by atoms with E-state index in [4.69, 9.17) is 0 Å². The molecule has 0 spiro atoms. The van der Waals surface area contributed by atoms with E-state index in [1.54, 1.807) is 5.19 Å². The van der Waals surface area contributed by atoms with Gasteiger partial charge in [0.25, 0.3) is 0 Å². The summed E-state index contributed by atoms with van der Waals surface area (Å²) in [6, 6.07) is 11.3. The first kappa shape index (κ1) is 12.2. The fourth-order valence-electron chi connectivity index (χ4n) is 4.14. The van der Waals surface area contributed by atoms with Crippen LogP contribution < -0.4 is 5.19 Å².